The number of rotatable bonds is 4. The first kappa shape index (κ1) is 17.7. The van der Waals surface area contributed by atoms with E-state index in [-0.39, 0.29) is 10.8 Å². The first-order valence-corrected chi connectivity index (χ1v) is 8.75. The van der Waals surface area contributed by atoms with E-state index in [0.717, 1.165) is 31.3 Å². The number of hydrogen-bond donors (Lipinski definition) is 2. The van der Waals surface area contributed by atoms with Gasteiger partial charge in [0, 0.05) is 5.41 Å². The van der Waals surface area contributed by atoms with Crippen molar-refractivity contribution in [2.24, 2.45) is 16.7 Å². The molecular weight excluding hydrogens is 272 g/mol. The molecule has 0 unspecified atom stereocenters. The van der Waals surface area contributed by atoms with Crippen LogP contribution in [0.1, 0.15) is 72.6 Å². The molecule has 0 bridgehead atoms. The van der Waals surface area contributed by atoms with E-state index in [0.29, 0.717) is 18.8 Å². The molecule has 0 saturated heterocycles. The van der Waals surface area contributed by atoms with Gasteiger partial charge in [-0.1, -0.05) is 39.8 Å². The van der Waals surface area contributed by atoms with E-state index in [1.54, 1.807) is 13.0 Å². The minimum atomic E-state index is -0.927. The van der Waals surface area contributed by atoms with Gasteiger partial charge in [-0.15, -0.1) is 6.58 Å². The maximum Gasteiger partial charge on any atom is 0.0911 e. The molecule has 2 fully saturated rings. The molecule has 4 atom stereocenters. The Morgan fingerprint density at radius 3 is 2.55 bits per heavy atom. The Labute approximate surface area is 136 Å². The Morgan fingerprint density at radius 1 is 1.32 bits per heavy atom. The van der Waals surface area contributed by atoms with Gasteiger partial charge in [0.05, 0.1) is 11.2 Å². The normalized spacial score (nSPS) is 40.6. The van der Waals surface area contributed by atoms with E-state index in [4.69, 9.17) is 0 Å². The Kier molecular flexibility index (Phi) is 4.43. The zero-order valence-electron chi connectivity index (χ0n) is 14.9. The van der Waals surface area contributed by atoms with Crippen LogP contribution in [0.25, 0.3) is 0 Å². The Morgan fingerprint density at radius 2 is 1.95 bits per heavy atom. The number of hydrogen-bond acceptors (Lipinski definition) is 2. The lowest BCUT2D eigenvalue weighted by Crippen LogP contribution is -2.60. The molecule has 2 nitrogen and oxygen atoms in total. The van der Waals surface area contributed by atoms with Gasteiger partial charge in [0.2, 0.25) is 0 Å². The fraction of sp³-hybridized carbons (Fsp3) is 0.800. The van der Waals surface area contributed by atoms with Crippen LogP contribution in [-0.2, 0) is 0 Å². The molecule has 0 spiro atoms. The Hall–Kier alpha value is -0.600. The maximum atomic E-state index is 11.6. The highest BCUT2D eigenvalue weighted by Gasteiger charge is 2.60. The van der Waals surface area contributed by atoms with Crippen LogP contribution in [0.3, 0.4) is 0 Å². The molecule has 22 heavy (non-hydrogen) atoms. The van der Waals surface area contributed by atoms with Gasteiger partial charge in [0.15, 0.2) is 0 Å². The Balaban J connectivity index is 2.34. The van der Waals surface area contributed by atoms with Gasteiger partial charge in [-0.3, -0.25) is 0 Å². The van der Waals surface area contributed by atoms with E-state index in [9.17, 15) is 10.2 Å². The van der Waals surface area contributed by atoms with Gasteiger partial charge >= 0.3 is 0 Å². The zero-order valence-corrected chi connectivity index (χ0v) is 14.9. The van der Waals surface area contributed by atoms with Gasteiger partial charge in [-0.2, -0.15) is 0 Å². The van der Waals surface area contributed by atoms with Gasteiger partial charge in [-0.05, 0) is 62.4 Å². The molecule has 2 aliphatic carbocycles. The van der Waals surface area contributed by atoms with Crippen molar-refractivity contribution in [2.45, 2.75) is 83.8 Å². The van der Waals surface area contributed by atoms with Crippen molar-refractivity contribution in [3.63, 3.8) is 0 Å². The summed E-state index contributed by atoms with van der Waals surface area (Å²) in [6.07, 6.45) is 8.13. The lowest BCUT2D eigenvalue weighted by molar-refractivity contribution is -0.161. The lowest BCUT2D eigenvalue weighted by atomic mass is 9.45. The Bertz CT molecular complexity index is 462. The summed E-state index contributed by atoms with van der Waals surface area (Å²) in [5.41, 5.74) is -0.711. The summed E-state index contributed by atoms with van der Waals surface area (Å²) in [4.78, 5) is 0. The van der Waals surface area contributed by atoms with Crippen LogP contribution < -0.4 is 0 Å². The minimum Gasteiger partial charge on any atom is -0.386 e. The van der Waals surface area contributed by atoms with Gasteiger partial charge in [0.1, 0.15) is 0 Å². The number of fused-ring (bicyclic) bond motifs is 1. The van der Waals surface area contributed by atoms with Crippen molar-refractivity contribution < 1.29 is 10.2 Å². The van der Waals surface area contributed by atoms with E-state index in [2.05, 4.69) is 33.9 Å². The summed E-state index contributed by atoms with van der Waals surface area (Å²) in [5, 5.41) is 21.9. The summed E-state index contributed by atoms with van der Waals surface area (Å²) in [5.74, 6) is 0.512. The zero-order chi connectivity index (χ0) is 16.8. The van der Waals surface area contributed by atoms with Crippen LogP contribution in [0.15, 0.2) is 24.8 Å². The second-order valence-corrected chi connectivity index (χ2v) is 8.88. The minimum absolute atomic E-state index is 0.138. The highest BCUT2D eigenvalue weighted by atomic mass is 16.3. The fourth-order valence-corrected chi connectivity index (χ4v) is 5.25. The predicted octanol–water partition coefficient (Wildman–Crippen LogP) is 4.62. The van der Waals surface area contributed by atoms with Crippen molar-refractivity contribution in [1.29, 1.82) is 0 Å². The molecule has 0 aromatic heterocycles. The standard InChI is InChI=1S/C20H34O2/c1-7-18(5,21)13-14-20(22)15(2)9-10-16-17(3,4)11-8-12-19(16,20)6/h7,16,21-22H,1-2,8-14H2,3-6H3/t16-,18-,19+,20-/m1/s1. The first-order valence-electron chi connectivity index (χ1n) is 8.75. The van der Waals surface area contributed by atoms with Crippen LogP contribution in [0.2, 0.25) is 0 Å². The van der Waals surface area contributed by atoms with E-state index in [1.165, 1.54) is 6.42 Å². The first-order chi connectivity index (χ1) is 9.98. The molecule has 0 amide bonds. The largest absolute Gasteiger partial charge is 0.386 e. The van der Waals surface area contributed by atoms with Crippen LogP contribution in [-0.4, -0.2) is 21.4 Å². The summed E-state index contributed by atoms with van der Waals surface area (Å²) >= 11 is 0. The van der Waals surface area contributed by atoms with Crippen molar-refractivity contribution in [3.05, 3.63) is 24.8 Å². The average Bonchev–Trinajstić information content (AvgIpc) is 2.42. The van der Waals surface area contributed by atoms with E-state index in [1.807, 2.05) is 0 Å². The summed E-state index contributed by atoms with van der Waals surface area (Å²) < 4.78 is 0. The predicted molar refractivity (Wildman–Crippen MR) is 92.6 cm³/mol. The third kappa shape index (κ3) is 2.69. The second-order valence-electron chi connectivity index (χ2n) is 8.88. The smallest absolute Gasteiger partial charge is 0.0911 e. The summed E-state index contributed by atoms with van der Waals surface area (Å²) in [6.45, 7) is 16.6. The van der Waals surface area contributed by atoms with Gasteiger partial charge in [0.25, 0.3) is 0 Å². The molecule has 126 valence electrons. The SMILES string of the molecule is C=C[C@@](C)(O)CC[C@@]1(O)C(=C)CC[C@@H]2C(C)(C)CCC[C@@]21C. The molecule has 2 saturated carbocycles. The van der Waals surface area contributed by atoms with Crippen LogP contribution in [0, 0.1) is 16.7 Å². The molecule has 2 N–H and O–H groups in total. The molecule has 0 aliphatic heterocycles. The van der Waals surface area contributed by atoms with Gasteiger partial charge < -0.3 is 10.2 Å². The lowest BCUT2D eigenvalue weighted by Gasteiger charge is -2.61. The van der Waals surface area contributed by atoms with Crippen molar-refractivity contribution >= 4 is 0 Å². The molecule has 2 rings (SSSR count). The van der Waals surface area contributed by atoms with Crippen molar-refractivity contribution in [3.8, 4) is 0 Å². The molecule has 0 radical (unpaired) electrons. The molecular formula is C20H34O2. The average molecular weight is 306 g/mol. The quantitative estimate of drug-likeness (QED) is 0.744. The molecule has 0 heterocycles. The van der Waals surface area contributed by atoms with Crippen molar-refractivity contribution in [1.82, 2.24) is 0 Å². The maximum absolute atomic E-state index is 11.6. The fourth-order valence-electron chi connectivity index (χ4n) is 5.25. The summed E-state index contributed by atoms with van der Waals surface area (Å²) in [6, 6.07) is 0. The van der Waals surface area contributed by atoms with Crippen molar-refractivity contribution in [2.75, 3.05) is 0 Å². The van der Waals surface area contributed by atoms with Crippen LogP contribution in [0.5, 0.6) is 0 Å². The van der Waals surface area contributed by atoms with E-state index < -0.39 is 11.2 Å². The summed E-state index contributed by atoms with van der Waals surface area (Å²) in [7, 11) is 0. The molecule has 2 heteroatoms. The third-order valence-electron chi connectivity index (χ3n) is 6.93. The number of aliphatic hydroxyl groups is 2. The van der Waals surface area contributed by atoms with E-state index >= 15 is 0 Å². The molecule has 0 aromatic carbocycles. The third-order valence-corrected chi connectivity index (χ3v) is 6.93. The second kappa shape index (κ2) is 5.49. The monoisotopic (exact) mass is 306 g/mol. The topological polar surface area (TPSA) is 40.5 Å². The van der Waals surface area contributed by atoms with Gasteiger partial charge in [-0.25, -0.2) is 0 Å². The van der Waals surface area contributed by atoms with Crippen LogP contribution in [0.4, 0.5) is 0 Å². The highest BCUT2D eigenvalue weighted by Crippen LogP contribution is 2.63. The highest BCUT2D eigenvalue weighted by molar-refractivity contribution is 5.25. The molecule has 2 aliphatic rings. The van der Waals surface area contributed by atoms with Crippen LogP contribution >= 0.6 is 0 Å². The molecule has 0 aromatic rings.